The van der Waals surface area contributed by atoms with E-state index in [0.29, 0.717) is 5.57 Å². The monoisotopic (exact) mass is 263 g/mol. The predicted molar refractivity (Wildman–Crippen MR) is 75.5 cm³/mol. The molecule has 4 nitrogen and oxygen atoms in total. The van der Waals surface area contributed by atoms with Gasteiger partial charge in [0, 0.05) is 5.57 Å². The summed E-state index contributed by atoms with van der Waals surface area (Å²) in [5, 5.41) is 0. The molecule has 0 heterocycles. The SMILES string of the molecule is C=C(C)C(=O)OCc1ccc(NOC(C)(C)C)cc1. The third-order valence-corrected chi connectivity index (χ3v) is 2.15. The Morgan fingerprint density at radius 2 is 1.84 bits per heavy atom. The summed E-state index contributed by atoms with van der Waals surface area (Å²) in [5.41, 5.74) is 4.78. The average Bonchev–Trinajstić information content (AvgIpc) is 2.33. The van der Waals surface area contributed by atoms with Crippen LogP contribution in [0.3, 0.4) is 0 Å². The van der Waals surface area contributed by atoms with Crippen molar-refractivity contribution in [2.75, 3.05) is 5.48 Å². The highest BCUT2D eigenvalue weighted by Crippen LogP contribution is 2.14. The zero-order valence-corrected chi connectivity index (χ0v) is 11.9. The van der Waals surface area contributed by atoms with E-state index >= 15 is 0 Å². The van der Waals surface area contributed by atoms with Gasteiger partial charge in [-0.05, 0) is 45.4 Å². The molecule has 0 fully saturated rings. The number of hydrogen-bond donors (Lipinski definition) is 1. The fourth-order valence-electron chi connectivity index (χ4n) is 1.15. The lowest BCUT2D eigenvalue weighted by Gasteiger charge is -2.20. The molecule has 1 aromatic rings. The molecule has 0 bridgehead atoms. The molecule has 19 heavy (non-hydrogen) atoms. The Bertz CT molecular complexity index is 443. The van der Waals surface area contributed by atoms with E-state index in [2.05, 4.69) is 12.1 Å². The Labute approximate surface area is 114 Å². The van der Waals surface area contributed by atoms with Crippen molar-refractivity contribution in [2.45, 2.75) is 39.9 Å². The molecule has 0 aliphatic carbocycles. The highest BCUT2D eigenvalue weighted by atomic mass is 16.7. The Morgan fingerprint density at radius 3 is 2.32 bits per heavy atom. The second-order valence-corrected chi connectivity index (χ2v) is 5.37. The van der Waals surface area contributed by atoms with Gasteiger partial charge in [0.05, 0.1) is 11.3 Å². The summed E-state index contributed by atoms with van der Waals surface area (Å²) in [6.07, 6.45) is 0. The molecule has 1 aromatic carbocycles. The molecular weight excluding hydrogens is 242 g/mol. The Kier molecular flexibility index (Phi) is 5.12. The molecule has 0 aliphatic heterocycles. The second-order valence-electron chi connectivity index (χ2n) is 5.37. The van der Waals surface area contributed by atoms with Crippen molar-refractivity contribution < 1.29 is 14.4 Å². The minimum atomic E-state index is -0.377. The number of anilines is 1. The topological polar surface area (TPSA) is 47.6 Å². The number of hydrogen-bond acceptors (Lipinski definition) is 4. The van der Waals surface area contributed by atoms with E-state index in [-0.39, 0.29) is 18.2 Å². The molecule has 0 radical (unpaired) electrons. The minimum Gasteiger partial charge on any atom is -0.457 e. The lowest BCUT2D eigenvalue weighted by molar-refractivity contribution is -0.140. The number of ether oxygens (including phenoxy) is 1. The van der Waals surface area contributed by atoms with Crippen molar-refractivity contribution in [3.63, 3.8) is 0 Å². The lowest BCUT2D eigenvalue weighted by atomic mass is 10.2. The van der Waals surface area contributed by atoms with Crippen molar-refractivity contribution in [1.82, 2.24) is 0 Å². The van der Waals surface area contributed by atoms with Gasteiger partial charge < -0.3 is 4.74 Å². The summed E-state index contributed by atoms with van der Waals surface area (Å²) < 4.78 is 5.05. The molecule has 104 valence electrons. The number of rotatable bonds is 5. The number of carbonyl (C=O) groups excluding carboxylic acids is 1. The maximum Gasteiger partial charge on any atom is 0.333 e. The summed E-state index contributed by atoms with van der Waals surface area (Å²) in [6, 6.07) is 7.49. The smallest absolute Gasteiger partial charge is 0.333 e. The summed E-state index contributed by atoms with van der Waals surface area (Å²) >= 11 is 0. The van der Waals surface area contributed by atoms with Crippen LogP contribution in [0.15, 0.2) is 36.4 Å². The predicted octanol–water partition coefficient (Wildman–Crippen LogP) is 3.45. The van der Waals surface area contributed by atoms with E-state index < -0.39 is 0 Å². The van der Waals surface area contributed by atoms with E-state index in [0.717, 1.165) is 11.3 Å². The van der Waals surface area contributed by atoms with Crippen LogP contribution in [0.25, 0.3) is 0 Å². The van der Waals surface area contributed by atoms with E-state index in [1.54, 1.807) is 6.92 Å². The van der Waals surface area contributed by atoms with Crippen LogP contribution in [0.4, 0.5) is 5.69 Å². The van der Waals surface area contributed by atoms with Crippen LogP contribution < -0.4 is 5.48 Å². The van der Waals surface area contributed by atoms with Gasteiger partial charge in [-0.15, -0.1) is 0 Å². The molecule has 0 saturated carbocycles. The van der Waals surface area contributed by atoms with Crippen molar-refractivity contribution in [3.8, 4) is 0 Å². The maximum atomic E-state index is 11.2. The minimum absolute atomic E-state index is 0.242. The molecule has 1 rings (SSSR count). The fraction of sp³-hybridized carbons (Fsp3) is 0.400. The molecular formula is C15H21NO3. The third kappa shape index (κ3) is 6.06. The zero-order chi connectivity index (χ0) is 14.5. The van der Waals surface area contributed by atoms with Gasteiger partial charge in [-0.2, -0.15) is 0 Å². The van der Waals surface area contributed by atoms with Gasteiger partial charge >= 0.3 is 5.97 Å². The first kappa shape index (κ1) is 15.2. The number of nitrogens with one attached hydrogen (secondary N) is 1. The second kappa shape index (κ2) is 6.38. The molecule has 0 atom stereocenters. The summed E-state index contributed by atoms with van der Waals surface area (Å²) in [7, 11) is 0. The van der Waals surface area contributed by atoms with Crippen LogP contribution in [0, 0.1) is 0 Å². The van der Waals surface area contributed by atoms with Crippen LogP contribution >= 0.6 is 0 Å². The summed E-state index contributed by atoms with van der Waals surface area (Å²) in [5.74, 6) is -0.377. The van der Waals surface area contributed by atoms with Gasteiger partial charge in [-0.3, -0.25) is 10.3 Å². The number of benzene rings is 1. The Balaban J connectivity index is 2.48. The van der Waals surface area contributed by atoms with Crippen molar-refractivity contribution in [3.05, 3.63) is 42.0 Å². The average molecular weight is 263 g/mol. The first-order valence-corrected chi connectivity index (χ1v) is 6.13. The van der Waals surface area contributed by atoms with Crippen LogP contribution in [0.5, 0.6) is 0 Å². The van der Waals surface area contributed by atoms with Gasteiger partial charge in [0.1, 0.15) is 6.61 Å². The molecule has 0 spiro atoms. The quantitative estimate of drug-likeness (QED) is 0.502. The van der Waals surface area contributed by atoms with E-state index in [1.807, 2.05) is 45.0 Å². The molecule has 0 aliphatic rings. The van der Waals surface area contributed by atoms with Crippen LogP contribution in [0.2, 0.25) is 0 Å². The summed E-state index contributed by atoms with van der Waals surface area (Å²) in [6.45, 7) is 11.3. The third-order valence-electron chi connectivity index (χ3n) is 2.15. The molecule has 0 aromatic heterocycles. The van der Waals surface area contributed by atoms with E-state index in [9.17, 15) is 4.79 Å². The maximum absolute atomic E-state index is 11.2. The first-order valence-electron chi connectivity index (χ1n) is 6.13. The first-order chi connectivity index (χ1) is 8.78. The molecule has 0 saturated heterocycles. The van der Waals surface area contributed by atoms with Gasteiger partial charge in [0.15, 0.2) is 0 Å². The van der Waals surface area contributed by atoms with E-state index in [1.165, 1.54) is 0 Å². The Morgan fingerprint density at radius 1 is 1.26 bits per heavy atom. The zero-order valence-electron chi connectivity index (χ0n) is 11.9. The summed E-state index contributed by atoms with van der Waals surface area (Å²) in [4.78, 5) is 16.7. The van der Waals surface area contributed by atoms with Crippen molar-refractivity contribution in [1.29, 1.82) is 0 Å². The Hall–Kier alpha value is -1.81. The van der Waals surface area contributed by atoms with Crippen LogP contribution in [-0.4, -0.2) is 11.6 Å². The molecule has 0 amide bonds. The number of esters is 1. The fourth-order valence-corrected chi connectivity index (χ4v) is 1.15. The van der Waals surface area contributed by atoms with Gasteiger partial charge in [-0.1, -0.05) is 18.7 Å². The largest absolute Gasteiger partial charge is 0.457 e. The van der Waals surface area contributed by atoms with Gasteiger partial charge in [0.25, 0.3) is 0 Å². The van der Waals surface area contributed by atoms with E-state index in [4.69, 9.17) is 9.57 Å². The highest BCUT2D eigenvalue weighted by Gasteiger charge is 2.10. The molecule has 1 N–H and O–H groups in total. The van der Waals surface area contributed by atoms with Crippen molar-refractivity contribution >= 4 is 11.7 Å². The normalized spacial score (nSPS) is 10.9. The number of carbonyl (C=O) groups is 1. The molecule has 0 unspecified atom stereocenters. The van der Waals surface area contributed by atoms with Crippen molar-refractivity contribution in [2.24, 2.45) is 0 Å². The van der Waals surface area contributed by atoms with Gasteiger partial charge in [-0.25, -0.2) is 4.79 Å². The standard InChI is InChI=1S/C15H21NO3/c1-11(2)14(17)18-10-12-6-8-13(9-7-12)16-19-15(3,4)5/h6-9,16H,1,10H2,2-5H3. The highest BCUT2D eigenvalue weighted by molar-refractivity contribution is 5.86. The molecule has 4 heteroatoms. The van der Waals surface area contributed by atoms with Gasteiger partial charge in [0.2, 0.25) is 0 Å². The van der Waals surface area contributed by atoms with Crippen LogP contribution in [-0.2, 0) is 21.0 Å². The van der Waals surface area contributed by atoms with Crippen LogP contribution in [0.1, 0.15) is 33.3 Å². The lowest BCUT2D eigenvalue weighted by Crippen LogP contribution is -2.22.